The van der Waals surface area contributed by atoms with Gasteiger partial charge in [-0.15, -0.1) is 0 Å². The molecule has 0 unspecified atom stereocenters. The summed E-state index contributed by atoms with van der Waals surface area (Å²) in [7, 11) is -3.44. The molecule has 0 saturated carbocycles. The number of hydrogen-bond donors (Lipinski definition) is 2. The predicted octanol–water partition coefficient (Wildman–Crippen LogP) is 1.66. The molecule has 2 aromatic rings. The molecular weight excluding hydrogens is 236 g/mol. The Balaban J connectivity index is 2.55. The molecule has 17 heavy (non-hydrogen) atoms. The van der Waals surface area contributed by atoms with Gasteiger partial charge in [0.25, 0.3) is 0 Å². The van der Waals surface area contributed by atoms with Crippen LogP contribution in [0.25, 0.3) is 11.1 Å². The van der Waals surface area contributed by atoms with E-state index in [1.807, 2.05) is 0 Å². The Morgan fingerprint density at radius 2 is 1.59 bits per heavy atom. The Morgan fingerprint density at radius 1 is 0.882 bits per heavy atom. The van der Waals surface area contributed by atoms with Gasteiger partial charge in [0, 0.05) is 11.1 Å². The first-order chi connectivity index (χ1) is 8.03. The number of nitrogens with two attached hydrogens (primary N) is 2. The molecule has 4 nitrogen and oxygen atoms in total. The smallest absolute Gasteiger partial charge is 0.207 e. The summed E-state index contributed by atoms with van der Waals surface area (Å²) in [5.41, 5.74) is 13.5. The second kappa shape index (κ2) is 3.01. The lowest BCUT2D eigenvalue weighted by molar-refractivity contribution is 0.598. The molecule has 1 aliphatic rings. The largest absolute Gasteiger partial charge is 0.397 e. The van der Waals surface area contributed by atoms with Crippen LogP contribution in [0.4, 0.5) is 11.4 Å². The van der Waals surface area contributed by atoms with E-state index in [4.69, 9.17) is 11.5 Å². The van der Waals surface area contributed by atoms with Crippen molar-refractivity contribution in [2.24, 2.45) is 0 Å². The average molecular weight is 246 g/mol. The van der Waals surface area contributed by atoms with Crippen molar-refractivity contribution < 1.29 is 8.42 Å². The topological polar surface area (TPSA) is 86.2 Å². The second-order valence-electron chi connectivity index (χ2n) is 3.94. The lowest BCUT2D eigenvalue weighted by atomic mass is 10.0. The zero-order chi connectivity index (χ0) is 12.2. The zero-order valence-electron chi connectivity index (χ0n) is 8.84. The minimum absolute atomic E-state index is 0.241. The van der Waals surface area contributed by atoms with E-state index in [2.05, 4.69) is 0 Å². The van der Waals surface area contributed by atoms with E-state index in [0.29, 0.717) is 27.4 Å². The first-order valence-corrected chi connectivity index (χ1v) is 6.54. The third kappa shape index (κ3) is 1.14. The monoisotopic (exact) mass is 246 g/mol. The maximum absolute atomic E-state index is 12.2. The van der Waals surface area contributed by atoms with Crippen LogP contribution < -0.4 is 11.5 Å². The predicted molar refractivity (Wildman–Crippen MR) is 66.2 cm³/mol. The minimum atomic E-state index is -3.44. The zero-order valence-corrected chi connectivity index (χ0v) is 9.66. The summed E-state index contributed by atoms with van der Waals surface area (Å²) in [5, 5.41) is 0. The van der Waals surface area contributed by atoms with Gasteiger partial charge < -0.3 is 11.5 Å². The van der Waals surface area contributed by atoms with Crippen LogP contribution in [-0.4, -0.2) is 8.42 Å². The number of fused-ring (bicyclic) bond motifs is 3. The molecule has 0 bridgehead atoms. The van der Waals surface area contributed by atoms with Crippen molar-refractivity contribution in [1.29, 1.82) is 0 Å². The van der Waals surface area contributed by atoms with Crippen molar-refractivity contribution in [1.82, 2.24) is 0 Å². The van der Waals surface area contributed by atoms with E-state index in [-0.39, 0.29) is 4.90 Å². The van der Waals surface area contributed by atoms with Gasteiger partial charge in [-0.05, 0) is 18.2 Å². The first-order valence-electron chi connectivity index (χ1n) is 5.06. The van der Waals surface area contributed by atoms with E-state index in [9.17, 15) is 8.42 Å². The third-order valence-electron chi connectivity index (χ3n) is 2.98. The van der Waals surface area contributed by atoms with Crippen molar-refractivity contribution in [3.8, 4) is 11.1 Å². The number of anilines is 2. The second-order valence-corrected chi connectivity index (χ2v) is 5.83. The van der Waals surface area contributed by atoms with Crippen molar-refractivity contribution >= 4 is 21.2 Å². The average Bonchev–Trinajstić information content (AvgIpc) is 2.54. The number of hydrogen-bond acceptors (Lipinski definition) is 4. The number of nitrogen functional groups attached to an aromatic ring is 2. The van der Waals surface area contributed by atoms with E-state index in [0.717, 1.165) is 0 Å². The maximum atomic E-state index is 12.2. The van der Waals surface area contributed by atoms with Gasteiger partial charge in [0.15, 0.2) is 0 Å². The summed E-state index contributed by atoms with van der Waals surface area (Å²) >= 11 is 0. The number of benzene rings is 2. The number of rotatable bonds is 0. The molecule has 4 N–H and O–H groups in total. The van der Waals surface area contributed by atoms with Crippen molar-refractivity contribution in [3.63, 3.8) is 0 Å². The quantitative estimate of drug-likeness (QED) is 0.591. The molecule has 3 rings (SSSR count). The van der Waals surface area contributed by atoms with E-state index in [1.165, 1.54) is 12.1 Å². The van der Waals surface area contributed by atoms with Crippen LogP contribution in [0.1, 0.15) is 0 Å². The van der Waals surface area contributed by atoms with E-state index < -0.39 is 9.84 Å². The highest BCUT2D eigenvalue weighted by atomic mass is 32.2. The van der Waals surface area contributed by atoms with E-state index in [1.54, 1.807) is 24.3 Å². The Kier molecular flexibility index (Phi) is 1.80. The molecule has 1 aliphatic heterocycles. The lowest BCUT2D eigenvalue weighted by Crippen LogP contribution is -2.00. The maximum Gasteiger partial charge on any atom is 0.207 e. The van der Waals surface area contributed by atoms with Gasteiger partial charge in [-0.2, -0.15) is 0 Å². The lowest BCUT2D eigenvalue weighted by Gasteiger charge is -2.06. The molecule has 0 atom stereocenters. The van der Waals surface area contributed by atoms with Gasteiger partial charge in [-0.1, -0.05) is 18.2 Å². The van der Waals surface area contributed by atoms with Gasteiger partial charge in [-0.25, -0.2) is 8.42 Å². The highest BCUT2D eigenvalue weighted by Crippen LogP contribution is 2.47. The normalized spacial score (nSPS) is 15.3. The Labute approximate surface area is 98.8 Å². The summed E-state index contributed by atoms with van der Waals surface area (Å²) in [6.45, 7) is 0. The van der Waals surface area contributed by atoms with Gasteiger partial charge in [0.05, 0.1) is 21.2 Å². The summed E-state index contributed by atoms with van der Waals surface area (Å²) in [6, 6.07) is 9.84. The Hall–Kier alpha value is -2.01. The third-order valence-corrected chi connectivity index (χ3v) is 4.83. The Bertz CT molecular complexity index is 736. The minimum Gasteiger partial charge on any atom is -0.397 e. The highest BCUT2D eigenvalue weighted by Gasteiger charge is 2.34. The molecule has 0 spiro atoms. The summed E-state index contributed by atoms with van der Waals surface area (Å²) < 4.78 is 24.5. The van der Waals surface area contributed by atoms with Crippen LogP contribution >= 0.6 is 0 Å². The molecule has 0 amide bonds. The van der Waals surface area contributed by atoms with E-state index >= 15 is 0 Å². The van der Waals surface area contributed by atoms with Crippen molar-refractivity contribution in [2.75, 3.05) is 11.5 Å². The first kappa shape index (κ1) is 10.2. The molecule has 0 fully saturated rings. The molecule has 0 aliphatic carbocycles. The van der Waals surface area contributed by atoms with Crippen LogP contribution in [-0.2, 0) is 9.84 Å². The number of sulfone groups is 1. The fourth-order valence-corrected chi connectivity index (χ4v) is 3.83. The molecule has 0 aromatic heterocycles. The van der Waals surface area contributed by atoms with Gasteiger partial charge in [-0.3, -0.25) is 0 Å². The van der Waals surface area contributed by atoms with Gasteiger partial charge in [0.2, 0.25) is 9.84 Å². The van der Waals surface area contributed by atoms with Crippen molar-refractivity contribution in [2.45, 2.75) is 9.79 Å². The molecule has 1 heterocycles. The van der Waals surface area contributed by atoms with Gasteiger partial charge in [0.1, 0.15) is 0 Å². The summed E-state index contributed by atoms with van der Waals surface area (Å²) in [5.74, 6) is 0. The Morgan fingerprint density at radius 3 is 2.35 bits per heavy atom. The molecule has 0 radical (unpaired) electrons. The molecule has 5 heteroatoms. The van der Waals surface area contributed by atoms with Crippen LogP contribution in [0.15, 0.2) is 46.2 Å². The molecule has 0 saturated heterocycles. The fourth-order valence-electron chi connectivity index (χ4n) is 2.14. The van der Waals surface area contributed by atoms with Crippen molar-refractivity contribution in [3.05, 3.63) is 36.4 Å². The molecule has 2 aromatic carbocycles. The molecule has 86 valence electrons. The summed E-state index contributed by atoms with van der Waals surface area (Å²) in [6.07, 6.45) is 0. The standard InChI is InChI=1S/C12H10N2O2S/c13-8-5-6-10-11(12(8)14)7-3-1-2-4-9(7)17(10,15)16/h1-6H,13-14H2. The van der Waals surface area contributed by atoms with Crippen LogP contribution in [0.3, 0.4) is 0 Å². The summed E-state index contributed by atoms with van der Waals surface area (Å²) in [4.78, 5) is 0.540. The van der Waals surface area contributed by atoms with Crippen LogP contribution in [0.2, 0.25) is 0 Å². The van der Waals surface area contributed by atoms with Gasteiger partial charge >= 0.3 is 0 Å². The highest BCUT2D eigenvalue weighted by molar-refractivity contribution is 7.92. The fraction of sp³-hybridized carbons (Fsp3) is 0. The van der Waals surface area contributed by atoms with Crippen LogP contribution in [0.5, 0.6) is 0 Å². The molecular formula is C12H10N2O2S. The van der Waals surface area contributed by atoms with Crippen LogP contribution in [0, 0.1) is 0 Å². The SMILES string of the molecule is Nc1ccc2c(c1N)-c1ccccc1S2(=O)=O.